The summed E-state index contributed by atoms with van der Waals surface area (Å²) < 4.78 is 2.20. The third-order valence-electron chi connectivity index (χ3n) is 7.95. The predicted octanol–water partition coefficient (Wildman–Crippen LogP) is 6.73. The lowest BCUT2D eigenvalue weighted by Gasteiger charge is -2.11. The van der Waals surface area contributed by atoms with Crippen molar-refractivity contribution in [1.82, 2.24) is 19.4 Å². The van der Waals surface area contributed by atoms with Crippen molar-refractivity contribution in [3.63, 3.8) is 0 Å². The molecule has 0 N–H and O–H groups in total. The number of fused-ring (bicyclic) bond motifs is 16. The summed E-state index contributed by atoms with van der Waals surface area (Å²) in [6.07, 6.45) is 5.65. The van der Waals surface area contributed by atoms with E-state index in [1.165, 1.54) is 49.9 Å². The van der Waals surface area contributed by atoms with Crippen LogP contribution in [0.5, 0.6) is 0 Å². The van der Waals surface area contributed by atoms with Crippen LogP contribution >= 0.6 is 0 Å². The van der Waals surface area contributed by atoms with Gasteiger partial charge in [0.05, 0.1) is 11.0 Å². The van der Waals surface area contributed by atoms with Gasteiger partial charge in [-0.1, -0.05) is 48.5 Å². The topological polar surface area (TPSA) is 43.1 Å². The van der Waals surface area contributed by atoms with Crippen LogP contribution in [-0.4, -0.2) is 19.4 Å². The fraction of sp³-hybridized carbons (Fsp3) is 0.0645. The van der Waals surface area contributed by atoms with Crippen molar-refractivity contribution in [1.29, 1.82) is 0 Å². The molecule has 3 aromatic carbocycles. The Morgan fingerprint density at radius 1 is 0.629 bits per heavy atom. The smallest absolute Gasteiger partial charge is 0.165 e. The molecular weight excluding hydrogens is 428 g/mol. The highest BCUT2D eigenvalue weighted by molar-refractivity contribution is 6.15. The van der Waals surface area contributed by atoms with E-state index in [1.54, 1.807) is 0 Å². The van der Waals surface area contributed by atoms with E-state index in [-0.39, 0.29) is 0 Å². The van der Waals surface area contributed by atoms with Gasteiger partial charge in [-0.2, -0.15) is 0 Å². The van der Waals surface area contributed by atoms with Gasteiger partial charge in [-0.3, -0.25) is 9.38 Å². The zero-order valence-electron chi connectivity index (χ0n) is 18.8. The summed E-state index contributed by atoms with van der Waals surface area (Å²) in [6, 6.07) is 26.2. The first kappa shape index (κ1) is 17.8. The van der Waals surface area contributed by atoms with Gasteiger partial charge >= 0.3 is 0 Å². The fourth-order valence-electron chi connectivity index (χ4n) is 6.55. The number of rotatable bonds is 0. The lowest BCUT2D eigenvalue weighted by Crippen LogP contribution is -1.96. The van der Waals surface area contributed by atoms with E-state index in [0.29, 0.717) is 0 Å². The van der Waals surface area contributed by atoms with E-state index in [9.17, 15) is 0 Å². The van der Waals surface area contributed by atoms with Crippen LogP contribution in [0.3, 0.4) is 0 Å². The Morgan fingerprint density at radius 2 is 1.49 bits per heavy atom. The molecule has 7 aromatic rings. The lowest BCUT2D eigenvalue weighted by atomic mass is 9.95. The zero-order valence-corrected chi connectivity index (χ0v) is 18.8. The van der Waals surface area contributed by atoms with Crippen LogP contribution in [0.2, 0.25) is 0 Å². The Hall–Kier alpha value is -4.57. The normalized spacial score (nSPS) is 13.5. The highest BCUT2D eigenvalue weighted by atomic mass is 15.1. The van der Waals surface area contributed by atoms with Crippen LogP contribution in [0.1, 0.15) is 22.3 Å². The first-order chi connectivity index (χ1) is 17.4. The van der Waals surface area contributed by atoms with Gasteiger partial charge in [0, 0.05) is 29.6 Å². The van der Waals surface area contributed by atoms with Crippen molar-refractivity contribution in [3.05, 3.63) is 107 Å². The third kappa shape index (κ3) is 2.11. The van der Waals surface area contributed by atoms with Gasteiger partial charge < -0.3 is 0 Å². The Kier molecular flexibility index (Phi) is 3.11. The average Bonchev–Trinajstić information content (AvgIpc) is 3.59. The second kappa shape index (κ2) is 6.10. The maximum absolute atomic E-state index is 5.11. The van der Waals surface area contributed by atoms with Gasteiger partial charge in [-0.15, -0.1) is 0 Å². The van der Waals surface area contributed by atoms with Crippen LogP contribution in [0.15, 0.2) is 85.2 Å². The predicted molar refractivity (Wildman–Crippen MR) is 140 cm³/mol. The van der Waals surface area contributed by atoms with Gasteiger partial charge in [-0.05, 0) is 75.2 Å². The highest BCUT2D eigenvalue weighted by Gasteiger charge is 2.30. The quantitative estimate of drug-likeness (QED) is 0.243. The van der Waals surface area contributed by atoms with E-state index in [0.717, 1.165) is 46.1 Å². The molecule has 9 rings (SSSR count). The Balaban J connectivity index is 1.44. The molecule has 4 heteroatoms. The molecule has 2 aliphatic carbocycles. The monoisotopic (exact) mass is 446 g/mol. The van der Waals surface area contributed by atoms with Crippen LogP contribution < -0.4 is 0 Å². The molecule has 2 aliphatic rings. The summed E-state index contributed by atoms with van der Waals surface area (Å²) in [5.74, 6) is 0. The van der Waals surface area contributed by atoms with Crippen LogP contribution in [0.4, 0.5) is 0 Å². The average molecular weight is 447 g/mol. The van der Waals surface area contributed by atoms with E-state index in [2.05, 4.69) is 59.0 Å². The molecule has 4 aromatic heterocycles. The molecule has 162 valence electrons. The lowest BCUT2D eigenvalue weighted by molar-refractivity contribution is 1.22. The van der Waals surface area contributed by atoms with Gasteiger partial charge in [-0.25, -0.2) is 9.97 Å². The second-order valence-electron chi connectivity index (χ2n) is 9.64. The molecule has 0 amide bonds. The first-order valence-electron chi connectivity index (χ1n) is 12.1. The minimum atomic E-state index is 0.880. The van der Waals surface area contributed by atoms with Gasteiger partial charge in [0.2, 0.25) is 0 Å². The molecule has 0 saturated heterocycles. The molecule has 0 bridgehead atoms. The number of benzene rings is 3. The van der Waals surface area contributed by atoms with Crippen LogP contribution in [-0.2, 0) is 12.8 Å². The molecule has 0 radical (unpaired) electrons. The number of nitrogens with zero attached hydrogens (tertiary/aromatic N) is 4. The molecule has 4 heterocycles. The van der Waals surface area contributed by atoms with Crippen molar-refractivity contribution in [3.8, 4) is 22.3 Å². The van der Waals surface area contributed by atoms with Crippen molar-refractivity contribution in [2.75, 3.05) is 0 Å². The maximum atomic E-state index is 5.11. The van der Waals surface area contributed by atoms with E-state index in [4.69, 9.17) is 15.0 Å². The summed E-state index contributed by atoms with van der Waals surface area (Å²) in [6.45, 7) is 0. The minimum absolute atomic E-state index is 0.880. The number of imidazole rings is 1. The minimum Gasteiger partial charge on any atom is -0.274 e. The highest BCUT2D eigenvalue weighted by Crippen LogP contribution is 2.50. The summed E-state index contributed by atoms with van der Waals surface area (Å²) in [4.78, 5) is 14.7. The second-order valence-corrected chi connectivity index (χ2v) is 9.64. The van der Waals surface area contributed by atoms with E-state index in [1.807, 2.05) is 30.6 Å². The third-order valence-corrected chi connectivity index (χ3v) is 7.95. The SMILES string of the molecule is c1ccc2c(c1)Cc1ccc3c(c1-2)Cc1c-3ccc2c3ncccc3n3c4ncccc4nc3c12. The molecule has 0 fully saturated rings. The standard InChI is InChI=1S/C31H18N4/c1-2-6-19-17(5-1)15-18-9-10-20-21-11-12-22-28(24(21)16-23(20)27(18)19)31-34-25-7-3-14-33-30(25)35(31)26-8-4-13-32-29(22)26/h1-14H,15-16H2. The molecule has 4 nitrogen and oxygen atoms in total. The molecule has 0 unspecified atom stereocenters. The molecule has 0 aliphatic heterocycles. The number of hydrogen-bond acceptors (Lipinski definition) is 3. The Morgan fingerprint density at radius 3 is 2.49 bits per heavy atom. The summed E-state index contributed by atoms with van der Waals surface area (Å²) in [5, 5.41) is 2.36. The maximum Gasteiger partial charge on any atom is 0.165 e. The van der Waals surface area contributed by atoms with Crippen LogP contribution in [0, 0.1) is 0 Å². The van der Waals surface area contributed by atoms with Crippen molar-refractivity contribution in [2.45, 2.75) is 12.8 Å². The molecule has 0 atom stereocenters. The van der Waals surface area contributed by atoms with E-state index >= 15 is 0 Å². The summed E-state index contributed by atoms with van der Waals surface area (Å²) in [5.41, 5.74) is 16.0. The Bertz CT molecular complexity index is 2070. The fourth-order valence-corrected chi connectivity index (χ4v) is 6.55. The van der Waals surface area contributed by atoms with Gasteiger partial charge in [0.1, 0.15) is 11.2 Å². The molecule has 35 heavy (non-hydrogen) atoms. The van der Waals surface area contributed by atoms with Crippen LogP contribution in [0.25, 0.3) is 60.9 Å². The number of pyridine rings is 3. The van der Waals surface area contributed by atoms with Gasteiger partial charge in [0.15, 0.2) is 5.65 Å². The number of hydrogen-bond donors (Lipinski definition) is 0. The molecular formula is C31H18N4. The summed E-state index contributed by atoms with van der Waals surface area (Å²) in [7, 11) is 0. The largest absolute Gasteiger partial charge is 0.274 e. The number of aromatic nitrogens is 4. The zero-order chi connectivity index (χ0) is 22.7. The van der Waals surface area contributed by atoms with Gasteiger partial charge in [0.25, 0.3) is 0 Å². The molecule has 0 spiro atoms. The van der Waals surface area contributed by atoms with Crippen molar-refractivity contribution < 1.29 is 0 Å². The van der Waals surface area contributed by atoms with Crippen molar-refractivity contribution in [2.24, 2.45) is 0 Å². The summed E-state index contributed by atoms with van der Waals surface area (Å²) >= 11 is 0. The van der Waals surface area contributed by atoms with Crippen molar-refractivity contribution >= 4 is 38.6 Å². The molecule has 0 saturated carbocycles. The van der Waals surface area contributed by atoms with E-state index < -0.39 is 0 Å². The first-order valence-corrected chi connectivity index (χ1v) is 12.1. The Labute approximate surface area is 200 Å².